The summed E-state index contributed by atoms with van der Waals surface area (Å²) < 4.78 is 7.87. The van der Waals surface area contributed by atoms with Crippen molar-refractivity contribution < 1.29 is 19.1 Å². The molecule has 6 rings (SSSR count). The van der Waals surface area contributed by atoms with Crippen LogP contribution in [0.4, 0.5) is 0 Å². The molecule has 1 aromatic heterocycles. The molecule has 0 radical (unpaired) electrons. The smallest absolute Gasteiger partial charge is 0.356 e. The molecule has 0 unspecified atom stereocenters. The summed E-state index contributed by atoms with van der Waals surface area (Å²) in [5.41, 5.74) is 3.73. The zero-order valence-electron chi connectivity index (χ0n) is 28.7. The Hall–Kier alpha value is -4.29. The Kier molecular flexibility index (Phi) is 9.56. The highest BCUT2D eigenvalue weighted by molar-refractivity contribution is 8.01. The Morgan fingerprint density at radius 2 is 1.53 bits per heavy atom. The zero-order chi connectivity index (χ0) is 35.1. The van der Waals surface area contributed by atoms with Gasteiger partial charge in [0.25, 0.3) is 5.91 Å². The molecule has 3 aromatic rings. The fourth-order valence-electron chi connectivity index (χ4n) is 5.95. The van der Waals surface area contributed by atoms with Crippen LogP contribution in [0.2, 0.25) is 0 Å². The lowest BCUT2D eigenvalue weighted by Gasteiger charge is -2.48. The van der Waals surface area contributed by atoms with Crippen LogP contribution in [0, 0.1) is 10.8 Å². The van der Waals surface area contributed by atoms with Crippen molar-refractivity contribution in [3.63, 3.8) is 0 Å². The number of amides is 1. The SMILES string of the molecule is Cn1nnnc1SCC1=C(C(=O)OC(c2ccccc2)c2ccccc2)N2C(=O)[C@@H](N=C3C=C(C(C)(C)C)C(=O)C(C(C)(C)C)=C3)[C@@H]2SC1. The van der Waals surface area contributed by atoms with E-state index in [1.165, 1.54) is 11.8 Å². The number of aromatic nitrogens is 4. The monoisotopic (exact) mass is 696 g/mol. The first-order valence-corrected chi connectivity index (χ1v) is 18.2. The number of aliphatic imine (C=N–C) groups is 1. The van der Waals surface area contributed by atoms with Gasteiger partial charge in [-0.2, -0.15) is 0 Å². The summed E-state index contributed by atoms with van der Waals surface area (Å²) in [5, 5.41) is 11.9. The summed E-state index contributed by atoms with van der Waals surface area (Å²) >= 11 is 2.95. The van der Waals surface area contributed by atoms with Crippen molar-refractivity contribution >= 4 is 46.9 Å². The normalized spacial score (nSPS) is 19.8. The van der Waals surface area contributed by atoms with Gasteiger partial charge in [0.2, 0.25) is 5.16 Å². The third kappa shape index (κ3) is 7.07. The molecule has 1 amide bonds. The number of rotatable bonds is 8. The van der Waals surface area contributed by atoms with Crippen molar-refractivity contribution in [1.29, 1.82) is 0 Å². The molecule has 1 fully saturated rings. The second-order valence-corrected chi connectivity index (χ2v) is 16.3. The van der Waals surface area contributed by atoms with Crippen LogP contribution in [0.15, 0.2) is 105 Å². The first-order valence-electron chi connectivity index (χ1n) is 16.1. The predicted molar refractivity (Wildman–Crippen MR) is 192 cm³/mol. The number of β-lactam (4-membered cyclic amide) rings is 1. The largest absolute Gasteiger partial charge is 0.448 e. The third-order valence-electron chi connectivity index (χ3n) is 8.58. The number of ketones is 1. The Morgan fingerprint density at radius 1 is 0.959 bits per heavy atom. The molecule has 254 valence electrons. The van der Waals surface area contributed by atoms with E-state index in [0.717, 1.165) is 16.7 Å². The maximum absolute atomic E-state index is 14.3. The number of Topliss-reactive ketones (excluding diaryl/α,β-unsaturated/α-hetero) is 1. The van der Waals surface area contributed by atoms with Crippen molar-refractivity contribution in [2.45, 2.75) is 64.2 Å². The molecule has 0 spiro atoms. The van der Waals surface area contributed by atoms with E-state index < -0.39 is 34.3 Å². The fourth-order valence-corrected chi connectivity index (χ4v) is 8.27. The average Bonchev–Trinajstić information content (AvgIpc) is 3.48. The molecule has 12 heteroatoms. The summed E-state index contributed by atoms with van der Waals surface area (Å²) in [6.07, 6.45) is 2.95. The fraction of sp³-hybridized carbons (Fsp3) is 0.378. The molecule has 0 bridgehead atoms. The first kappa shape index (κ1) is 34.6. The van der Waals surface area contributed by atoms with Crippen molar-refractivity contribution in [2.75, 3.05) is 11.5 Å². The predicted octanol–water partition coefficient (Wildman–Crippen LogP) is 6.14. The number of ether oxygens (including phenoxy) is 1. The highest BCUT2D eigenvalue weighted by atomic mass is 32.2. The number of aryl methyl sites for hydroxylation is 1. The number of hydrogen-bond donors (Lipinski definition) is 0. The second-order valence-electron chi connectivity index (χ2n) is 14.3. The van der Waals surface area contributed by atoms with Crippen LogP contribution in [0.1, 0.15) is 58.8 Å². The Bertz CT molecular complexity index is 1830. The van der Waals surface area contributed by atoms with Gasteiger partial charge in [-0.05, 0) is 50.1 Å². The van der Waals surface area contributed by atoms with Gasteiger partial charge in [0.05, 0.1) is 5.71 Å². The first-order chi connectivity index (χ1) is 23.2. The summed E-state index contributed by atoms with van der Waals surface area (Å²) in [4.78, 5) is 48.4. The van der Waals surface area contributed by atoms with Crippen LogP contribution in [-0.4, -0.2) is 71.4 Å². The number of carbonyl (C=O) groups is 3. The van der Waals surface area contributed by atoms with E-state index in [2.05, 4.69) is 15.5 Å². The standard InChI is InChI=1S/C37H40N6O4S2/c1-36(2,3)26-18-25(19-27(30(26)44)37(4,5)6)38-28-32(45)43-29(24(20-48-33(28)43)21-49-35-39-40-41-42(35)7)34(46)47-31(22-14-10-8-11-15-22)23-16-12-9-13-17-23/h8-19,28,31,33H,20-21H2,1-7H3/t28-,33+/m1/s1. The zero-order valence-corrected chi connectivity index (χ0v) is 30.3. The number of tetrazole rings is 1. The topological polar surface area (TPSA) is 120 Å². The molecule has 10 nitrogen and oxygen atoms in total. The van der Waals surface area contributed by atoms with Crippen molar-refractivity contribution in [3.8, 4) is 0 Å². The Labute approximate surface area is 295 Å². The van der Waals surface area contributed by atoms with Gasteiger partial charge in [0.1, 0.15) is 11.1 Å². The van der Waals surface area contributed by atoms with Crippen LogP contribution in [-0.2, 0) is 26.2 Å². The summed E-state index contributed by atoms with van der Waals surface area (Å²) in [7, 11) is 1.75. The average molecular weight is 697 g/mol. The van der Waals surface area contributed by atoms with Gasteiger partial charge in [-0.3, -0.25) is 19.5 Å². The number of carbonyl (C=O) groups excluding carboxylic acids is 3. The number of fused-ring (bicyclic) bond motifs is 1. The maximum atomic E-state index is 14.3. The third-order valence-corrected chi connectivity index (χ3v) is 11.0. The minimum Gasteiger partial charge on any atom is -0.448 e. The molecule has 3 heterocycles. The minimum atomic E-state index is -0.720. The van der Waals surface area contributed by atoms with Gasteiger partial charge in [0, 0.05) is 29.7 Å². The lowest BCUT2D eigenvalue weighted by molar-refractivity contribution is -0.153. The van der Waals surface area contributed by atoms with E-state index in [1.807, 2.05) is 114 Å². The molecule has 2 atom stereocenters. The molecule has 0 saturated carbocycles. The van der Waals surface area contributed by atoms with Gasteiger partial charge in [0.15, 0.2) is 17.9 Å². The van der Waals surface area contributed by atoms with Gasteiger partial charge in [-0.1, -0.05) is 114 Å². The van der Waals surface area contributed by atoms with Gasteiger partial charge in [-0.15, -0.1) is 16.9 Å². The molecule has 1 aliphatic carbocycles. The number of hydrogen-bond acceptors (Lipinski definition) is 10. The van der Waals surface area contributed by atoms with E-state index in [-0.39, 0.29) is 17.4 Å². The van der Waals surface area contributed by atoms with Crippen LogP contribution in [0.3, 0.4) is 0 Å². The van der Waals surface area contributed by atoms with Crippen molar-refractivity contribution in [3.05, 3.63) is 106 Å². The van der Waals surface area contributed by atoms with Gasteiger partial charge >= 0.3 is 5.97 Å². The number of esters is 1. The lowest BCUT2D eigenvalue weighted by atomic mass is 9.72. The number of benzene rings is 2. The van der Waals surface area contributed by atoms with E-state index >= 15 is 0 Å². The maximum Gasteiger partial charge on any atom is 0.356 e. The van der Waals surface area contributed by atoms with E-state index in [1.54, 1.807) is 28.4 Å². The molecule has 49 heavy (non-hydrogen) atoms. The van der Waals surface area contributed by atoms with Crippen molar-refractivity contribution in [1.82, 2.24) is 25.1 Å². The summed E-state index contributed by atoms with van der Waals surface area (Å²) in [6, 6.07) is 18.4. The highest BCUT2D eigenvalue weighted by Gasteiger charge is 2.54. The lowest BCUT2D eigenvalue weighted by Crippen LogP contribution is -2.64. The summed E-state index contributed by atoms with van der Waals surface area (Å²) in [6.45, 7) is 12.0. The molecule has 2 aliphatic heterocycles. The van der Waals surface area contributed by atoms with Gasteiger partial charge < -0.3 is 4.74 Å². The molecular weight excluding hydrogens is 657 g/mol. The van der Waals surface area contributed by atoms with Crippen LogP contribution >= 0.6 is 23.5 Å². The minimum absolute atomic E-state index is 0.00663. The summed E-state index contributed by atoms with van der Waals surface area (Å²) in [5.74, 6) is 0.0168. The quantitative estimate of drug-likeness (QED) is 0.118. The van der Waals surface area contributed by atoms with Crippen molar-refractivity contribution in [2.24, 2.45) is 22.9 Å². The van der Waals surface area contributed by atoms with Gasteiger partial charge in [-0.25, -0.2) is 9.48 Å². The number of allylic oxidation sites excluding steroid dienone is 4. The number of thioether (sulfide) groups is 2. The van der Waals surface area contributed by atoms with Crippen LogP contribution in [0.25, 0.3) is 0 Å². The van der Waals surface area contributed by atoms with E-state index in [9.17, 15) is 14.4 Å². The number of nitrogens with zero attached hydrogens (tertiary/aromatic N) is 6. The molecule has 3 aliphatic rings. The highest BCUT2D eigenvalue weighted by Crippen LogP contribution is 2.45. The van der Waals surface area contributed by atoms with Crippen LogP contribution in [0.5, 0.6) is 0 Å². The second kappa shape index (κ2) is 13.5. The van der Waals surface area contributed by atoms with E-state index in [0.29, 0.717) is 33.5 Å². The molecule has 0 N–H and O–H groups in total. The van der Waals surface area contributed by atoms with Crippen LogP contribution < -0.4 is 0 Å². The molecule has 2 aromatic carbocycles. The molecule has 1 saturated heterocycles. The van der Waals surface area contributed by atoms with E-state index in [4.69, 9.17) is 9.73 Å². The Balaban J connectivity index is 1.36. The Morgan fingerprint density at radius 3 is 2.04 bits per heavy atom. The molecular formula is C37H40N6O4S2.